The number of carbonyl (C=O) groups is 1. The monoisotopic (exact) mass is 315 g/mol. The highest BCUT2D eigenvalue weighted by molar-refractivity contribution is 7.89. The van der Waals surface area contributed by atoms with E-state index in [4.69, 9.17) is 5.11 Å². The topological polar surface area (TPSA) is 92.7 Å². The lowest BCUT2D eigenvalue weighted by Gasteiger charge is -2.07. The molecule has 1 aromatic rings. The van der Waals surface area contributed by atoms with Gasteiger partial charge in [0.2, 0.25) is 10.0 Å². The van der Waals surface area contributed by atoms with Gasteiger partial charge in [-0.05, 0) is 37.1 Å². The molecule has 1 rings (SSSR count). The molecule has 2 N–H and O–H groups in total. The van der Waals surface area contributed by atoms with Crippen molar-refractivity contribution < 1.29 is 23.1 Å². The molecule has 1 aromatic carbocycles. The number of unbranched alkanes of at least 4 members (excludes halogenated alkanes) is 3. The lowest BCUT2D eigenvalue weighted by Crippen LogP contribution is -2.24. The fourth-order valence-electron chi connectivity index (χ4n) is 1.77. The Morgan fingerprint density at radius 2 is 1.76 bits per heavy atom. The van der Waals surface area contributed by atoms with Gasteiger partial charge in [0.05, 0.1) is 17.6 Å². The molecule has 0 saturated carbocycles. The van der Waals surface area contributed by atoms with Crippen LogP contribution in [0.25, 0.3) is 0 Å². The summed E-state index contributed by atoms with van der Waals surface area (Å²) in [6.07, 6.45) is 3.21. The molecule has 0 atom stereocenters. The van der Waals surface area contributed by atoms with Gasteiger partial charge in [-0.1, -0.05) is 12.8 Å². The van der Waals surface area contributed by atoms with Crippen LogP contribution >= 0.6 is 0 Å². The third-order valence-corrected chi connectivity index (χ3v) is 4.44. The lowest BCUT2D eigenvalue weighted by molar-refractivity contribution is 0.0600. The Balaban J connectivity index is 2.52. The zero-order valence-electron chi connectivity index (χ0n) is 12.0. The van der Waals surface area contributed by atoms with Crippen LogP contribution in [0.5, 0.6) is 0 Å². The smallest absolute Gasteiger partial charge is 0.337 e. The standard InChI is InChI=1S/C14H21NO5S/c1-20-14(17)12-6-8-13(9-7-12)21(18,19)15-10-4-2-3-5-11-16/h6-9,15-16H,2-5,10-11H2,1H3. The molecular weight excluding hydrogens is 294 g/mol. The van der Waals surface area contributed by atoms with E-state index in [1.807, 2.05) is 0 Å². The number of sulfonamides is 1. The van der Waals surface area contributed by atoms with Crippen LogP contribution in [0.4, 0.5) is 0 Å². The molecule has 0 spiro atoms. The molecule has 21 heavy (non-hydrogen) atoms. The van der Waals surface area contributed by atoms with Crippen molar-refractivity contribution in [1.29, 1.82) is 0 Å². The molecule has 0 aliphatic heterocycles. The fourth-order valence-corrected chi connectivity index (χ4v) is 2.84. The van der Waals surface area contributed by atoms with E-state index in [0.717, 1.165) is 25.7 Å². The number of hydrogen-bond acceptors (Lipinski definition) is 5. The van der Waals surface area contributed by atoms with E-state index in [1.165, 1.54) is 31.4 Å². The first-order valence-electron chi connectivity index (χ1n) is 6.80. The summed E-state index contributed by atoms with van der Waals surface area (Å²) in [5.41, 5.74) is 0.306. The van der Waals surface area contributed by atoms with Crippen molar-refractivity contribution in [2.75, 3.05) is 20.3 Å². The molecule has 0 saturated heterocycles. The molecule has 0 aliphatic carbocycles. The summed E-state index contributed by atoms with van der Waals surface area (Å²) >= 11 is 0. The molecule has 7 heteroatoms. The molecule has 6 nitrogen and oxygen atoms in total. The number of rotatable bonds is 9. The van der Waals surface area contributed by atoms with E-state index in [-0.39, 0.29) is 11.5 Å². The molecule has 0 aliphatic rings. The highest BCUT2D eigenvalue weighted by atomic mass is 32.2. The second-order valence-electron chi connectivity index (χ2n) is 4.55. The fraction of sp³-hybridized carbons (Fsp3) is 0.500. The Labute approximate surface area is 125 Å². The molecule has 0 radical (unpaired) electrons. The predicted molar refractivity (Wildman–Crippen MR) is 78.5 cm³/mol. The summed E-state index contributed by atoms with van der Waals surface area (Å²) in [5, 5.41) is 8.64. The molecule has 0 bridgehead atoms. The average molecular weight is 315 g/mol. The molecule has 0 heterocycles. The first-order chi connectivity index (χ1) is 10.0. The minimum atomic E-state index is -3.55. The van der Waals surface area contributed by atoms with Crippen molar-refractivity contribution in [3.63, 3.8) is 0 Å². The second-order valence-corrected chi connectivity index (χ2v) is 6.32. The highest BCUT2D eigenvalue weighted by Gasteiger charge is 2.14. The van der Waals surface area contributed by atoms with Crippen LogP contribution < -0.4 is 4.72 Å². The van der Waals surface area contributed by atoms with E-state index < -0.39 is 16.0 Å². The molecular formula is C14H21NO5S. The van der Waals surface area contributed by atoms with E-state index in [1.54, 1.807) is 0 Å². The van der Waals surface area contributed by atoms with Gasteiger partial charge in [0.15, 0.2) is 0 Å². The van der Waals surface area contributed by atoms with E-state index in [0.29, 0.717) is 12.1 Å². The zero-order valence-corrected chi connectivity index (χ0v) is 12.9. The molecule has 118 valence electrons. The largest absolute Gasteiger partial charge is 0.465 e. The zero-order chi connectivity index (χ0) is 15.7. The summed E-state index contributed by atoms with van der Waals surface area (Å²) in [6.45, 7) is 0.519. The Hall–Kier alpha value is -1.44. The molecule has 0 unspecified atom stereocenters. The minimum Gasteiger partial charge on any atom is -0.465 e. The van der Waals surface area contributed by atoms with Crippen LogP contribution in [0, 0.1) is 0 Å². The van der Waals surface area contributed by atoms with Crippen LogP contribution in [0.3, 0.4) is 0 Å². The van der Waals surface area contributed by atoms with Gasteiger partial charge < -0.3 is 9.84 Å². The first kappa shape index (κ1) is 17.6. The number of nitrogens with one attached hydrogen (secondary N) is 1. The van der Waals surface area contributed by atoms with Crippen molar-refractivity contribution in [2.45, 2.75) is 30.6 Å². The third-order valence-electron chi connectivity index (χ3n) is 2.96. The number of carbonyl (C=O) groups excluding carboxylic acids is 1. The molecule has 0 amide bonds. The summed E-state index contributed by atoms with van der Waals surface area (Å²) in [7, 11) is -2.28. The number of esters is 1. The Bertz CT molecular complexity index is 539. The van der Waals surface area contributed by atoms with Crippen molar-refractivity contribution in [2.24, 2.45) is 0 Å². The summed E-state index contributed by atoms with van der Waals surface area (Å²) in [5.74, 6) is -0.504. The SMILES string of the molecule is COC(=O)c1ccc(S(=O)(=O)NCCCCCCO)cc1. The van der Waals surface area contributed by atoms with Gasteiger partial charge >= 0.3 is 5.97 Å². The van der Waals surface area contributed by atoms with Crippen molar-refractivity contribution in [3.8, 4) is 0 Å². The van der Waals surface area contributed by atoms with Crippen LogP contribution in [0.1, 0.15) is 36.0 Å². The Kier molecular flexibility index (Phi) is 7.35. The number of benzene rings is 1. The van der Waals surface area contributed by atoms with Gasteiger partial charge in [-0.25, -0.2) is 17.9 Å². The number of aliphatic hydroxyl groups is 1. The van der Waals surface area contributed by atoms with Gasteiger partial charge in [-0.3, -0.25) is 0 Å². The van der Waals surface area contributed by atoms with Crippen LogP contribution in [-0.4, -0.2) is 39.8 Å². The van der Waals surface area contributed by atoms with Crippen LogP contribution in [-0.2, 0) is 14.8 Å². The van der Waals surface area contributed by atoms with Crippen molar-refractivity contribution in [1.82, 2.24) is 4.72 Å². The van der Waals surface area contributed by atoms with E-state index >= 15 is 0 Å². The van der Waals surface area contributed by atoms with Crippen molar-refractivity contribution >= 4 is 16.0 Å². The highest BCUT2D eigenvalue weighted by Crippen LogP contribution is 2.11. The van der Waals surface area contributed by atoms with Crippen LogP contribution in [0.2, 0.25) is 0 Å². The summed E-state index contributed by atoms with van der Waals surface area (Å²) in [4.78, 5) is 11.4. The van der Waals surface area contributed by atoms with Gasteiger partial charge in [-0.2, -0.15) is 0 Å². The third kappa shape index (κ3) is 5.82. The maximum absolute atomic E-state index is 12.0. The van der Waals surface area contributed by atoms with Crippen LogP contribution in [0.15, 0.2) is 29.2 Å². The van der Waals surface area contributed by atoms with Gasteiger partial charge in [0.25, 0.3) is 0 Å². The maximum atomic E-state index is 12.0. The molecule has 0 fully saturated rings. The summed E-state index contributed by atoms with van der Waals surface area (Å²) < 4.78 is 31.1. The van der Waals surface area contributed by atoms with E-state index in [9.17, 15) is 13.2 Å². The van der Waals surface area contributed by atoms with Gasteiger partial charge in [0, 0.05) is 13.2 Å². The average Bonchev–Trinajstić information content (AvgIpc) is 2.50. The maximum Gasteiger partial charge on any atom is 0.337 e. The Morgan fingerprint density at radius 1 is 1.14 bits per heavy atom. The van der Waals surface area contributed by atoms with Gasteiger partial charge in [-0.15, -0.1) is 0 Å². The quantitative estimate of drug-likeness (QED) is 0.529. The normalized spacial score (nSPS) is 11.3. The Morgan fingerprint density at radius 3 is 2.33 bits per heavy atom. The minimum absolute atomic E-state index is 0.116. The number of ether oxygens (including phenoxy) is 1. The van der Waals surface area contributed by atoms with Gasteiger partial charge in [0.1, 0.15) is 0 Å². The number of hydrogen-bond donors (Lipinski definition) is 2. The predicted octanol–water partition coefficient (Wildman–Crippen LogP) is 1.30. The first-order valence-corrected chi connectivity index (χ1v) is 8.28. The van der Waals surface area contributed by atoms with Crippen molar-refractivity contribution in [3.05, 3.63) is 29.8 Å². The molecule has 0 aromatic heterocycles. The lowest BCUT2D eigenvalue weighted by atomic mass is 10.2. The second kappa shape index (κ2) is 8.76. The van der Waals surface area contributed by atoms with E-state index in [2.05, 4.69) is 9.46 Å². The number of aliphatic hydroxyl groups excluding tert-OH is 1. The summed E-state index contributed by atoms with van der Waals surface area (Å²) in [6, 6.07) is 5.59. The number of methoxy groups -OCH3 is 1.